The van der Waals surface area contributed by atoms with Crippen LogP contribution in [0.15, 0.2) is 0 Å². The third kappa shape index (κ3) is 4.11. The zero-order valence-corrected chi connectivity index (χ0v) is 11.2. The SMILES string of the molecule is O=C(O)CCCCCN1C(O)[C@H](O)[C@@H](O)[C@H](O)[C@H]1CO. The molecule has 0 aliphatic carbocycles. The Morgan fingerprint density at radius 1 is 0.950 bits per heavy atom. The standard InChI is InChI=1S/C12H23NO7/c14-6-7-9(17)10(18)11(19)12(20)13(7)5-3-1-2-4-8(15)16/h7,9-12,14,17-20H,1-6H2,(H,15,16)/t7-,9-,10+,11-,12?/m1/s1. The predicted molar refractivity (Wildman–Crippen MR) is 67.7 cm³/mol. The summed E-state index contributed by atoms with van der Waals surface area (Å²) in [6, 6.07) is -0.858. The molecule has 0 saturated carbocycles. The lowest BCUT2D eigenvalue weighted by atomic mass is 9.92. The number of hydrogen-bond donors (Lipinski definition) is 6. The van der Waals surface area contributed by atoms with E-state index in [0.29, 0.717) is 19.3 Å². The Hall–Kier alpha value is -0.770. The van der Waals surface area contributed by atoms with Crippen LogP contribution in [0.3, 0.4) is 0 Å². The molecule has 1 aliphatic heterocycles. The van der Waals surface area contributed by atoms with E-state index in [1.165, 1.54) is 4.90 Å². The number of hydrogen-bond acceptors (Lipinski definition) is 7. The van der Waals surface area contributed by atoms with Gasteiger partial charge >= 0.3 is 5.97 Å². The monoisotopic (exact) mass is 293 g/mol. The molecule has 1 aliphatic rings. The fourth-order valence-corrected chi connectivity index (χ4v) is 2.45. The number of aliphatic hydroxyl groups is 5. The fourth-order valence-electron chi connectivity index (χ4n) is 2.45. The summed E-state index contributed by atoms with van der Waals surface area (Å²) in [5.74, 6) is -0.870. The molecule has 0 aromatic heterocycles. The molecule has 118 valence electrons. The maximum absolute atomic E-state index is 10.4. The lowest BCUT2D eigenvalue weighted by Crippen LogP contribution is -2.67. The van der Waals surface area contributed by atoms with Gasteiger partial charge in [0.25, 0.3) is 0 Å². The van der Waals surface area contributed by atoms with Crippen LogP contribution in [0.25, 0.3) is 0 Å². The van der Waals surface area contributed by atoms with E-state index in [1.807, 2.05) is 0 Å². The number of likely N-dealkylation sites (tertiary alicyclic amines) is 1. The molecule has 1 saturated heterocycles. The highest BCUT2D eigenvalue weighted by atomic mass is 16.4. The minimum atomic E-state index is -1.51. The van der Waals surface area contributed by atoms with E-state index in [2.05, 4.69) is 0 Å². The van der Waals surface area contributed by atoms with Crippen LogP contribution in [-0.4, -0.2) is 85.2 Å². The second-order valence-electron chi connectivity index (χ2n) is 5.08. The molecule has 0 aromatic rings. The molecule has 8 nitrogen and oxygen atoms in total. The van der Waals surface area contributed by atoms with Crippen molar-refractivity contribution >= 4 is 5.97 Å². The summed E-state index contributed by atoms with van der Waals surface area (Å²) >= 11 is 0. The molecule has 5 atom stereocenters. The van der Waals surface area contributed by atoms with Crippen molar-refractivity contribution in [3.8, 4) is 0 Å². The first-order valence-electron chi connectivity index (χ1n) is 6.70. The summed E-state index contributed by atoms with van der Waals surface area (Å²) in [7, 11) is 0. The Kier molecular flexibility index (Phi) is 6.80. The summed E-state index contributed by atoms with van der Waals surface area (Å²) in [6.45, 7) is -0.177. The average molecular weight is 293 g/mol. The van der Waals surface area contributed by atoms with Crippen molar-refractivity contribution in [2.45, 2.75) is 56.3 Å². The number of aliphatic carboxylic acids is 1. The van der Waals surface area contributed by atoms with Gasteiger partial charge in [0.2, 0.25) is 0 Å². The normalized spacial score (nSPS) is 35.1. The molecule has 1 rings (SSSR count). The van der Waals surface area contributed by atoms with Gasteiger partial charge < -0.3 is 30.6 Å². The third-order valence-electron chi connectivity index (χ3n) is 3.66. The van der Waals surface area contributed by atoms with Crippen LogP contribution in [0.2, 0.25) is 0 Å². The van der Waals surface area contributed by atoms with E-state index in [9.17, 15) is 30.3 Å². The highest BCUT2D eigenvalue weighted by Gasteiger charge is 2.46. The van der Waals surface area contributed by atoms with E-state index < -0.39 is 43.2 Å². The minimum absolute atomic E-state index is 0.0654. The summed E-state index contributed by atoms with van der Waals surface area (Å²) in [6.07, 6.45) is -4.01. The van der Waals surface area contributed by atoms with Gasteiger partial charge in [-0.1, -0.05) is 6.42 Å². The first kappa shape index (κ1) is 17.3. The predicted octanol–water partition coefficient (Wildman–Crippen LogP) is -2.29. The van der Waals surface area contributed by atoms with Crippen LogP contribution in [0.5, 0.6) is 0 Å². The van der Waals surface area contributed by atoms with E-state index in [4.69, 9.17) is 5.11 Å². The van der Waals surface area contributed by atoms with Crippen LogP contribution in [0.4, 0.5) is 0 Å². The van der Waals surface area contributed by atoms with Crippen molar-refractivity contribution in [2.75, 3.05) is 13.2 Å². The van der Waals surface area contributed by atoms with E-state index >= 15 is 0 Å². The highest BCUT2D eigenvalue weighted by molar-refractivity contribution is 5.66. The topological polar surface area (TPSA) is 142 Å². The van der Waals surface area contributed by atoms with Crippen LogP contribution in [0, 0.1) is 0 Å². The van der Waals surface area contributed by atoms with Crippen LogP contribution < -0.4 is 0 Å². The maximum atomic E-state index is 10.4. The zero-order chi connectivity index (χ0) is 15.3. The first-order chi connectivity index (χ1) is 9.40. The van der Waals surface area contributed by atoms with Gasteiger partial charge in [-0.05, 0) is 12.8 Å². The highest BCUT2D eigenvalue weighted by Crippen LogP contribution is 2.23. The number of rotatable bonds is 7. The number of aliphatic hydroxyl groups excluding tert-OH is 5. The number of piperidine rings is 1. The summed E-state index contributed by atoms with van der Waals surface area (Å²) in [4.78, 5) is 11.7. The van der Waals surface area contributed by atoms with Crippen molar-refractivity contribution in [1.29, 1.82) is 0 Å². The quantitative estimate of drug-likeness (QED) is 0.288. The van der Waals surface area contributed by atoms with Gasteiger partial charge in [-0.3, -0.25) is 9.69 Å². The lowest BCUT2D eigenvalue weighted by Gasteiger charge is -2.46. The molecule has 0 bridgehead atoms. The van der Waals surface area contributed by atoms with Gasteiger partial charge in [-0.2, -0.15) is 0 Å². The minimum Gasteiger partial charge on any atom is -0.481 e. The number of nitrogens with zero attached hydrogens (tertiary/aromatic N) is 1. The second kappa shape index (κ2) is 7.87. The second-order valence-corrected chi connectivity index (χ2v) is 5.08. The molecule has 1 fully saturated rings. The lowest BCUT2D eigenvalue weighted by molar-refractivity contribution is -0.222. The largest absolute Gasteiger partial charge is 0.481 e. The van der Waals surface area contributed by atoms with Gasteiger partial charge in [-0.25, -0.2) is 0 Å². The van der Waals surface area contributed by atoms with Crippen molar-refractivity contribution in [1.82, 2.24) is 4.90 Å². The van der Waals surface area contributed by atoms with Gasteiger partial charge in [0, 0.05) is 13.0 Å². The van der Waals surface area contributed by atoms with Crippen LogP contribution in [-0.2, 0) is 4.79 Å². The molecular weight excluding hydrogens is 270 g/mol. The smallest absolute Gasteiger partial charge is 0.303 e. The van der Waals surface area contributed by atoms with E-state index in [0.717, 1.165) is 0 Å². The molecule has 1 heterocycles. The van der Waals surface area contributed by atoms with Gasteiger partial charge in [0.15, 0.2) is 0 Å². The average Bonchev–Trinajstić information content (AvgIpc) is 2.41. The van der Waals surface area contributed by atoms with Crippen LogP contribution >= 0.6 is 0 Å². The number of carboxylic acids is 1. The molecule has 0 aromatic carbocycles. The zero-order valence-electron chi connectivity index (χ0n) is 11.2. The number of unbranched alkanes of at least 4 members (excludes halogenated alkanes) is 2. The number of carboxylic acid groups (broad SMARTS) is 1. The van der Waals surface area contributed by atoms with E-state index in [-0.39, 0.29) is 13.0 Å². The van der Waals surface area contributed by atoms with Gasteiger partial charge in [-0.15, -0.1) is 0 Å². The van der Waals surface area contributed by atoms with Crippen molar-refractivity contribution in [3.05, 3.63) is 0 Å². The summed E-state index contributed by atoms with van der Waals surface area (Å²) in [5, 5.41) is 56.6. The molecule has 0 amide bonds. The molecule has 20 heavy (non-hydrogen) atoms. The fraction of sp³-hybridized carbons (Fsp3) is 0.917. The van der Waals surface area contributed by atoms with Gasteiger partial charge in [0.1, 0.15) is 24.5 Å². The van der Waals surface area contributed by atoms with E-state index in [1.54, 1.807) is 0 Å². The Labute approximate surface area is 116 Å². The molecule has 0 radical (unpaired) electrons. The van der Waals surface area contributed by atoms with Gasteiger partial charge in [0.05, 0.1) is 12.6 Å². The van der Waals surface area contributed by atoms with Crippen molar-refractivity contribution in [3.63, 3.8) is 0 Å². The summed E-state index contributed by atoms with van der Waals surface area (Å²) in [5.41, 5.74) is 0. The Morgan fingerprint density at radius 2 is 1.60 bits per heavy atom. The first-order valence-corrected chi connectivity index (χ1v) is 6.70. The summed E-state index contributed by atoms with van der Waals surface area (Å²) < 4.78 is 0. The Morgan fingerprint density at radius 3 is 2.15 bits per heavy atom. The molecule has 1 unspecified atom stereocenters. The molecular formula is C12H23NO7. The third-order valence-corrected chi connectivity index (χ3v) is 3.66. The maximum Gasteiger partial charge on any atom is 0.303 e. The number of carbonyl (C=O) groups is 1. The van der Waals surface area contributed by atoms with Crippen molar-refractivity contribution < 1.29 is 35.4 Å². The van der Waals surface area contributed by atoms with Crippen molar-refractivity contribution in [2.24, 2.45) is 0 Å². The Bertz CT molecular complexity index is 314. The molecule has 0 spiro atoms. The Balaban J connectivity index is 2.50. The van der Waals surface area contributed by atoms with Crippen LogP contribution in [0.1, 0.15) is 25.7 Å². The molecule has 6 N–H and O–H groups in total. The molecule has 8 heteroatoms.